The van der Waals surface area contributed by atoms with Crippen LogP contribution in [0.3, 0.4) is 0 Å². The summed E-state index contributed by atoms with van der Waals surface area (Å²) in [6.45, 7) is 2.77. The quantitative estimate of drug-likeness (QED) is 0.0715. The molecule has 22 nitrogen and oxygen atoms in total. The van der Waals surface area contributed by atoms with Gasteiger partial charge in [0.15, 0.2) is 21.7 Å². The topological polar surface area (TPSA) is 332 Å². The van der Waals surface area contributed by atoms with Crippen LogP contribution in [0.5, 0.6) is 0 Å². The number of thioether (sulfide) groups is 2. The Hall–Kier alpha value is -5.99. The highest BCUT2D eigenvalue weighted by Gasteiger charge is 2.55. The number of aliphatic carboxylic acids is 3. The maximum absolute atomic E-state index is 12.7. The van der Waals surface area contributed by atoms with Crippen molar-refractivity contribution in [3.05, 3.63) is 57.8 Å². The molecule has 2 aromatic heterocycles. The van der Waals surface area contributed by atoms with Gasteiger partial charge < -0.3 is 47.1 Å². The molecule has 4 aliphatic heterocycles. The highest BCUT2D eigenvalue weighted by molar-refractivity contribution is 8.00. The van der Waals surface area contributed by atoms with E-state index in [1.54, 1.807) is 5.38 Å². The Balaban J connectivity index is 0.000000214. The smallest absolute Gasteiger partial charge is 0.352 e. The predicted molar refractivity (Wildman–Crippen MR) is 197 cm³/mol. The van der Waals surface area contributed by atoms with Gasteiger partial charge in [0.2, 0.25) is 6.61 Å². The molecule has 2 aromatic rings. The number of oxime groups is 2. The molecule has 2 saturated heterocycles. The number of carbonyl (C=O) groups is 7. The van der Waals surface area contributed by atoms with Gasteiger partial charge in [0, 0.05) is 22.3 Å². The molecule has 290 valence electrons. The van der Waals surface area contributed by atoms with Crippen LogP contribution in [0.4, 0.5) is 10.3 Å². The number of aromatic nitrogens is 2. The third-order valence-corrected chi connectivity index (χ3v) is 11.4. The number of hydrogen-bond acceptors (Lipinski definition) is 19. The summed E-state index contributed by atoms with van der Waals surface area (Å²) < 4.78 is 0. The van der Waals surface area contributed by atoms with Crippen molar-refractivity contribution >= 4 is 109 Å². The molecular weight excluding hydrogens is 809 g/mol. The maximum Gasteiger partial charge on any atom is 0.352 e. The molecule has 6 heterocycles. The Morgan fingerprint density at radius 2 is 1.45 bits per heavy atom. The molecular formula is C29H28N10O12S4. The zero-order valence-electron chi connectivity index (χ0n) is 27.9. The number of anilines is 2. The van der Waals surface area contributed by atoms with Crippen molar-refractivity contribution in [2.75, 3.05) is 36.7 Å². The van der Waals surface area contributed by atoms with Gasteiger partial charge in [-0.15, -0.1) is 46.2 Å². The summed E-state index contributed by atoms with van der Waals surface area (Å²) in [5, 5.41) is 41.7. The van der Waals surface area contributed by atoms with Crippen LogP contribution in [0.2, 0.25) is 0 Å². The number of carboxylic acid groups (broad SMARTS) is 3. The van der Waals surface area contributed by atoms with Crippen LogP contribution in [-0.4, -0.2) is 136 Å². The van der Waals surface area contributed by atoms with E-state index in [-0.39, 0.29) is 44.5 Å². The molecule has 9 N–H and O–H groups in total. The lowest BCUT2D eigenvalue weighted by Crippen LogP contribution is -2.71. The first-order valence-corrected chi connectivity index (χ1v) is 19.0. The van der Waals surface area contributed by atoms with E-state index in [1.165, 1.54) is 48.2 Å². The van der Waals surface area contributed by atoms with Crippen molar-refractivity contribution in [1.82, 2.24) is 30.4 Å². The maximum atomic E-state index is 12.7. The number of nitrogens with zero attached hydrogens (tertiary/aromatic N) is 6. The number of fused-ring (bicyclic) bond motifs is 2. The zero-order chi connectivity index (χ0) is 40.1. The summed E-state index contributed by atoms with van der Waals surface area (Å²) in [6, 6.07) is -1.86. The fourth-order valence-corrected chi connectivity index (χ4v) is 8.83. The van der Waals surface area contributed by atoms with Crippen LogP contribution in [0, 0.1) is 0 Å². The lowest BCUT2D eigenvalue weighted by molar-refractivity contribution is -0.150. The first-order chi connectivity index (χ1) is 26.2. The van der Waals surface area contributed by atoms with E-state index in [0.29, 0.717) is 17.1 Å². The van der Waals surface area contributed by atoms with Crippen LogP contribution in [-0.2, 0) is 43.2 Å². The third kappa shape index (κ3) is 8.40. The first kappa shape index (κ1) is 40.2. The van der Waals surface area contributed by atoms with Gasteiger partial charge in [-0.1, -0.05) is 23.0 Å². The minimum atomic E-state index is -1.30. The van der Waals surface area contributed by atoms with Gasteiger partial charge in [-0.3, -0.25) is 29.0 Å². The second-order valence-electron chi connectivity index (χ2n) is 10.9. The van der Waals surface area contributed by atoms with E-state index in [9.17, 15) is 38.7 Å². The van der Waals surface area contributed by atoms with Crippen LogP contribution in [0.15, 0.2) is 56.8 Å². The highest BCUT2D eigenvalue weighted by atomic mass is 32.2. The molecule has 6 rings (SSSR count). The second kappa shape index (κ2) is 17.0. The van der Waals surface area contributed by atoms with Crippen molar-refractivity contribution < 1.29 is 58.6 Å². The minimum Gasteiger partial charge on any atom is -0.479 e. The number of nitrogens with one attached hydrogen (secondary N) is 2. The number of carboxylic acids is 3. The van der Waals surface area contributed by atoms with Crippen molar-refractivity contribution in [3.63, 3.8) is 0 Å². The summed E-state index contributed by atoms with van der Waals surface area (Å²) in [5.74, 6) is -5.61. The Morgan fingerprint density at radius 1 is 0.909 bits per heavy atom. The monoisotopic (exact) mass is 836 g/mol. The number of rotatable bonds is 13. The second-order valence-corrected chi connectivity index (χ2v) is 14.9. The van der Waals surface area contributed by atoms with E-state index >= 15 is 0 Å². The Kier molecular flexibility index (Phi) is 12.4. The highest BCUT2D eigenvalue weighted by Crippen LogP contribution is 2.41. The number of amides is 4. The number of allylic oxidation sites excluding steroid dienone is 1. The Morgan fingerprint density at radius 3 is 1.93 bits per heavy atom. The van der Waals surface area contributed by atoms with E-state index in [1.807, 2.05) is 0 Å². The number of nitrogen functional groups attached to an aromatic ring is 2. The Labute approximate surface area is 325 Å². The molecule has 4 atom stereocenters. The molecule has 0 saturated carbocycles. The summed E-state index contributed by atoms with van der Waals surface area (Å²) in [4.78, 5) is 103. The Bertz CT molecular complexity index is 2100. The largest absolute Gasteiger partial charge is 0.479 e. The number of nitrogens with two attached hydrogens (primary N) is 2. The van der Waals surface area contributed by atoms with Crippen LogP contribution < -0.4 is 22.1 Å². The van der Waals surface area contributed by atoms with Crippen LogP contribution in [0.25, 0.3) is 0 Å². The fraction of sp³-hybridized carbons (Fsp3) is 0.276. The molecule has 4 amide bonds. The molecule has 26 heteroatoms. The average Bonchev–Trinajstić information content (AvgIpc) is 3.79. The van der Waals surface area contributed by atoms with Crippen molar-refractivity contribution in [2.45, 2.75) is 22.8 Å². The number of thiazole rings is 2. The lowest BCUT2D eigenvalue weighted by Gasteiger charge is -2.49. The lowest BCUT2D eigenvalue weighted by atomic mass is 10.0. The third-order valence-electron chi connectivity index (χ3n) is 7.57. The standard InChI is InChI=1S/C16H15N5O7S2.C13H13N5O5S2/c1-2-6-4-29-14-10(13(25)21(14)11(6)15(26)27)19-12(24)9(20-28-3-8(22)23)7-5-30-16(17)18-7;1-23-17-7(5-4-25-13(14)15-5)9(19)16-8-10(20)18-6(12(21)22)2-3-24-11(8)18/h2,5,10,14H,1,3-4H2,(H2,17,18)(H,19,24)(H,22,23)(H,26,27);2,4,8,11H,3H2,1H3,(H2,14,15)(H,16,19)(H,21,22)/b20-9-;17-7-/t10-,14-;8-,11-/m11/s1. The minimum absolute atomic E-state index is 0.0420. The van der Waals surface area contributed by atoms with Crippen molar-refractivity contribution in [3.8, 4) is 0 Å². The molecule has 0 aliphatic carbocycles. The number of hydrogen-bond donors (Lipinski definition) is 7. The van der Waals surface area contributed by atoms with Crippen LogP contribution >= 0.6 is 46.2 Å². The van der Waals surface area contributed by atoms with E-state index in [0.717, 1.165) is 32.5 Å². The molecule has 0 bridgehead atoms. The van der Waals surface area contributed by atoms with Crippen molar-refractivity contribution in [1.29, 1.82) is 0 Å². The molecule has 0 spiro atoms. The molecule has 2 fully saturated rings. The van der Waals surface area contributed by atoms with Gasteiger partial charge in [-0.2, -0.15) is 0 Å². The van der Waals surface area contributed by atoms with Gasteiger partial charge in [0.1, 0.15) is 52.7 Å². The number of carbonyl (C=O) groups excluding carboxylic acids is 4. The summed E-state index contributed by atoms with van der Waals surface area (Å²) in [6.07, 6.45) is 2.85. The molecule has 0 aromatic carbocycles. The summed E-state index contributed by atoms with van der Waals surface area (Å²) >= 11 is 4.79. The van der Waals surface area contributed by atoms with Gasteiger partial charge >= 0.3 is 17.9 Å². The first-order valence-electron chi connectivity index (χ1n) is 15.2. The van der Waals surface area contributed by atoms with E-state index in [2.05, 4.69) is 47.2 Å². The van der Waals surface area contributed by atoms with E-state index < -0.39 is 71.0 Å². The zero-order valence-corrected chi connectivity index (χ0v) is 31.2. The normalized spacial score (nSPS) is 21.7. The predicted octanol–water partition coefficient (Wildman–Crippen LogP) is -1.10. The number of β-lactam (4-membered cyclic amide) rings is 2. The molecule has 0 radical (unpaired) electrons. The SMILES string of the molecule is C=CC1=C(C(=O)O)N2C(=O)[C@@H](NC(=O)/C(=N\OCC(=O)O)c3csc(N)n3)[C@H]2SC1.CO/N=C(\C(=O)N[C@@H]1C(=O)N2C(C(=O)O)=CCS[C@H]12)c1csc(N)n1. The van der Waals surface area contributed by atoms with Crippen LogP contribution in [0.1, 0.15) is 11.4 Å². The average molecular weight is 837 g/mol. The van der Waals surface area contributed by atoms with Gasteiger partial charge in [0.25, 0.3) is 23.6 Å². The fourth-order valence-electron chi connectivity index (χ4n) is 5.20. The van der Waals surface area contributed by atoms with Gasteiger partial charge in [-0.05, 0) is 11.6 Å². The molecule has 55 heavy (non-hydrogen) atoms. The van der Waals surface area contributed by atoms with Crippen molar-refractivity contribution in [2.24, 2.45) is 10.3 Å². The summed E-state index contributed by atoms with van der Waals surface area (Å²) in [7, 11) is 1.28. The van der Waals surface area contributed by atoms with E-state index in [4.69, 9.17) is 21.7 Å². The molecule has 0 unspecified atom stereocenters. The summed E-state index contributed by atoms with van der Waals surface area (Å²) in [5.41, 5.74) is 11.1. The molecule has 4 aliphatic rings. The van der Waals surface area contributed by atoms with Gasteiger partial charge in [0.05, 0.1) is 0 Å². The van der Waals surface area contributed by atoms with Gasteiger partial charge in [-0.25, -0.2) is 24.4 Å².